The van der Waals surface area contributed by atoms with E-state index in [0.717, 1.165) is 24.6 Å². The topological polar surface area (TPSA) is 41.6 Å². The van der Waals surface area contributed by atoms with E-state index in [1.807, 2.05) is 16.7 Å². The number of rotatable bonds is 1. The van der Waals surface area contributed by atoms with Crippen molar-refractivity contribution in [1.82, 2.24) is 10.2 Å². The Bertz CT molecular complexity index is 231. The summed E-state index contributed by atoms with van der Waals surface area (Å²) in [6, 6.07) is 0.349. The second-order valence-corrected chi connectivity index (χ2v) is 5.17. The maximum Gasteiger partial charge on any atom is 0.253 e. The molecule has 2 atom stereocenters. The maximum absolute atomic E-state index is 12.1. The predicted octanol–water partition coefficient (Wildman–Crippen LogP) is -0.0613. The van der Waals surface area contributed by atoms with Gasteiger partial charge in [-0.2, -0.15) is 11.8 Å². The number of morpholine rings is 1. The first-order valence-corrected chi connectivity index (χ1v) is 6.65. The van der Waals surface area contributed by atoms with Crippen LogP contribution in [0.15, 0.2) is 0 Å². The molecule has 0 aromatic carbocycles. The van der Waals surface area contributed by atoms with E-state index in [1.165, 1.54) is 0 Å². The van der Waals surface area contributed by atoms with Gasteiger partial charge in [0.1, 0.15) is 6.10 Å². The van der Waals surface area contributed by atoms with Crippen LogP contribution >= 0.6 is 11.8 Å². The Morgan fingerprint density at radius 1 is 1.60 bits per heavy atom. The number of hydrogen-bond donors (Lipinski definition) is 1. The second-order valence-electron chi connectivity index (χ2n) is 4.02. The number of ether oxygens (including phenoxy) is 1. The lowest BCUT2D eigenvalue weighted by Crippen LogP contribution is -2.54. The van der Waals surface area contributed by atoms with E-state index < -0.39 is 0 Å². The monoisotopic (exact) mass is 230 g/mol. The van der Waals surface area contributed by atoms with Gasteiger partial charge in [0.15, 0.2) is 0 Å². The lowest BCUT2D eigenvalue weighted by molar-refractivity contribution is -0.146. The van der Waals surface area contributed by atoms with Gasteiger partial charge < -0.3 is 15.0 Å². The third kappa shape index (κ3) is 2.65. The van der Waals surface area contributed by atoms with Crippen LogP contribution in [0.2, 0.25) is 0 Å². The molecule has 2 saturated heterocycles. The van der Waals surface area contributed by atoms with Crippen molar-refractivity contribution in [2.24, 2.45) is 0 Å². The fraction of sp³-hybridized carbons (Fsp3) is 0.900. The van der Waals surface area contributed by atoms with Gasteiger partial charge in [-0.3, -0.25) is 4.79 Å². The second kappa shape index (κ2) is 5.18. The highest BCUT2D eigenvalue weighted by Gasteiger charge is 2.30. The third-order valence-corrected chi connectivity index (χ3v) is 4.04. The average molecular weight is 230 g/mol. The number of nitrogens with one attached hydrogen (secondary N) is 1. The van der Waals surface area contributed by atoms with Crippen molar-refractivity contribution in [2.75, 3.05) is 37.7 Å². The van der Waals surface area contributed by atoms with Crippen LogP contribution in [0.4, 0.5) is 0 Å². The van der Waals surface area contributed by atoms with Crippen LogP contribution in [0, 0.1) is 0 Å². The molecule has 1 N–H and O–H groups in total. The summed E-state index contributed by atoms with van der Waals surface area (Å²) in [4.78, 5) is 14.1. The Morgan fingerprint density at radius 2 is 2.47 bits per heavy atom. The Kier molecular flexibility index (Phi) is 3.88. The molecule has 15 heavy (non-hydrogen) atoms. The van der Waals surface area contributed by atoms with Crippen LogP contribution in [0.1, 0.15) is 6.92 Å². The molecule has 86 valence electrons. The maximum atomic E-state index is 12.1. The van der Waals surface area contributed by atoms with E-state index in [9.17, 15) is 4.79 Å². The summed E-state index contributed by atoms with van der Waals surface area (Å²) in [5.74, 6) is 2.26. The van der Waals surface area contributed by atoms with Gasteiger partial charge in [0.2, 0.25) is 0 Å². The van der Waals surface area contributed by atoms with Gasteiger partial charge in [0.05, 0.1) is 6.61 Å². The molecular formula is C10H18N2O2S. The standard InChI is InChI=1S/C10H18N2O2S/c1-8-7-15-5-3-12(8)10(13)9-6-11-2-4-14-9/h8-9,11H,2-7H2,1H3/t8?,9-/m0/s1. The molecule has 0 spiro atoms. The SMILES string of the molecule is CC1CSCCN1C(=O)[C@@H]1CNCCO1. The molecule has 0 aromatic rings. The summed E-state index contributed by atoms with van der Waals surface area (Å²) >= 11 is 1.92. The first kappa shape index (κ1) is 11.2. The van der Waals surface area contributed by atoms with Crippen molar-refractivity contribution >= 4 is 17.7 Å². The van der Waals surface area contributed by atoms with Crippen molar-refractivity contribution in [3.8, 4) is 0 Å². The first-order chi connectivity index (χ1) is 7.29. The van der Waals surface area contributed by atoms with Crippen LogP contribution in [0.3, 0.4) is 0 Å². The molecule has 0 bridgehead atoms. The Balaban J connectivity index is 1.92. The number of carbonyl (C=O) groups excluding carboxylic acids is 1. The van der Waals surface area contributed by atoms with Gasteiger partial charge in [-0.05, 0) is 6.92 Å². The van der Waals surface area contributed by atoms with Gasteiger partial charge in [0, 0.05) is 37.2 Å². The van der Waals surface area contributed by atoms with Crippen LogP contribution in [0.25, 0.3) is 0 Å². The summed E-state index contributed by atoms with van der Waals surface area (Å²) in [6.07, 6.45) is -0.260. The van der Waals surface area contributed by atoms with Crippen molar-refractivity contribution in [3.63, 3.8) is 0 Å². The van der Waals surface area contributed by atoms with E-state index in [-0.39, 0.29) is 12.0 Å². The zero-order valence-electron chi connectivity index (χ0n) is 9.07. The quantitative estimate of drug-likeness (QED) is 0.685. The normalized spacial score (nSPS) is 32.7. The minimum Gasteiger partial charge on any atom is -0.366 e. The smallest absolute Gasteiger partial charge is 0.253 e. The molecule has 2 aliphatic heterocycles. The Morgan fingerprint density at radius 3 is 3.13 bits per heavy atom. The number of hydrogen-bond acceptors (Lipinski definition) is 4. The van der Waals surface area contributed by atoms with E-state index >= 15 is 0 Å². The summed E-state index contributed by atoms with van der Waals surface area (Å²) in [6.45, 7) is 5.14. The Hall–Kier alpha value is -0.260. The molecule has 4 nitrogen and oxygen atoms in total. The number of carbonyl (C=O) groups is 1. The van der Waals surface area contributed by atoms with Crippen molar-refractivity contribution in [2.45, 2.75) is 19.1 Å². The minimum atomic E-state index is -0.260. The van der Waals surface area contributed by atoms with Crippen LogP contribution in [0.5, 0.6) is 0 Å². The highest BCUT2D eigenvalue weighted by Crippen LogP contribution is 2.17. The average Bonchev–Trinajstić information content (AvgIpc) is 2.30. The van der Waals surface area contributed by atoms with Crippen LogP contribution < -0.4 is 5.32 Å². The summed E-state index contributed by atoms with van der Waals surface area (Å²) in [5, 5.41) is 3.19. The molecule has 0 saturated carbocycles. The lowest BCUT2D eigenvalue weighted by atomic mass is 10.2. The Labute approximate surface area is 94.7 Å². The fourth-order valence-electron chi connectivity index (χ4n) is 1.96. The number of amides is 1. The van der Waals surface area contributed by atoms with Gasteiger partial charge in [0.25, 0.3) is 5.91 Å². The first-order valence-electron chi connectivity index (χ1n) is 5.49. The molecule has 0 aromatic heterocycles. The molecule has 0 aliphatic carbocycles. The molecule has 2 heterocycles. The van der Waals surface area contributed by atoms with Crippen molar-refractivity contribution in [1.29, 1.82) is 0 Å². The summed E-state index contributed by atoms with van der Waals surface area (Å²) in [5.41, 5.74) is 0. The van der Waals surface area contributed by atoms with Gasteiger partial charge in [-0.15, -0.1) is 0 Å². The zero-order chi connectivity index (χ0) is 10.7. The van der Waals surface area contributed by atoms with E-state index in [1.54, 1.807) is 0 Å². The van der Waals surface area contributed by atoms with Crippen LogP contribution in [-0.4, -0.2) is 60.7 Å². The predicted molar refractivity (Wildman–Crippen MR) is 61.1 cm³/mol. The minimum absolute atomic E-state index is 0.162. The van der Waals surface area contributed by atoms with Crippen molar-refractivity contribution < 1.29 is 9.53 Å². The van der Waals surface area contributed by atoms with Crippen LogP contribution in [-0.2, 0) is 9.53 Å². The highest BCUT2D eigenvalue weighted by molar-refractivity contribution is 7.99. The number of thioether (sulfide) groups is 1. The molecule has 1 amide bonds. The van der Waals surface area contributed by atoms with Crippen molar-refractivity contribution in [3.05, 3.63) is 0 Å². The molecule has 0 radical (unpaired) electrons. The van der Waals surface area contributed by atoms with Gasteiger partial charge >= 0.3 is 0 Å². The van der Waals surface area contributed by atoms with E-state index in [2.05, 4.69) is 12.2 Å². The van der Waals surface area contributed by atoms with Gasteiger partial charge in [-0.1, -0.05) is 0 Å². The number of nitrogens with zero attached hydrogens (tertiary/aromatic N) is 1. The molecule has 2 aliphatic rings. The molecule has 1 unspecified atom stereocenters. The molecular weight excluding hydrogens is 212 g/mol. The zero-order valence-corrected chi connectivity index (χ0v) is 9.89. The van der Waals surface area contributed by atoms with E-state index in [0.29, 0.717) is 19.2 Å². The molecule has 5 heteroatoms. The fourth-order valence-corrected chi connectivity index (χ4v) is 2.98. The lowest BCUT2D eigenvalue weighted by Gasteiger charge is -2.36. The van der Waals surface area contributed by atoms with Gasteiger partial charge in [-0.25, -0.2) is 0 Å². The largest absolute Gasteiger partial charge is 0.366 e. The summed E-state index contributed by atoms with van der Waals surface area (Å²) in [7, 11) is 0. The summed E-state index contributed by atoms with van der Waals surface area (Å²) < 4.78 is 5.48. The molecule has 2 rings (SSSR count). The highest BCUT2D eigenvalue weighted by atomic mass is 32.2. The third-order valence-electron chi connectivity index (χ3n) is 2.85. The molecule has 2 fully saturated rings. The van der Waals surface area contributed by atoms with E-state index in [4.69, 9.17) is 4.74 Å².